The maximum atomic E-state index is 11.0. The Morgan fingerprint density at radius 1 is 1.26 bits per heavy atom. The second-order valence-corrected chi connectivity index (χ2v) is 8.01. The molecule has 8 heteroatoms. The van der Waals surface area contributed by atoms with Crippen molar-refractivity contribution in [2.45, 2.75) is 18.9 Å². The average molecular weight is 413 g/mol. The lowest BCUT2D eigenvalue weighted by molar-refractivity contribution is 0.0125. The van der Waals surface area contributed by atoms with Crippen LogP contribution in [0.2, 0.25) is 5.02 Å². The Kier molecular flexibility index (Phi) is 8.07. The van der Waals surface area contributed by atoms with E-state index < -0.39 is 16.9 Å². The van der Waals surface area contributed by atoms with Crippen LogP contribution in [0.25, 0.3) is 0 Å². The minimum absolute atomic E-state index is 0.123. The molecule has 0 saturated heterocycles. The molecule has 2 atom stereocenters. The predicted octanol–water partition coefficient (Wildman–Crippen LogP) is 2.88. The summed E-state index contributed by atoms with van der Waals surface area (Å²) in [6, 6.07) is 14.5. The van der Waals surface area contributed by atoms with Gasteiger partial charge in [0.2, 0.25) is 0 Å². The Bertz CT molecular complexity index is 756. The number of nitrogens with zero attached hydrogens (tertiary/aromatic N) is 1. The molecule has 0 aliphatic carbocycles. The van der Waals surface area contributed by atoms with E-state index in [0.29, 0.717) is 18.0 Å². The highest BCUT2D eigenvalue weighted by Gasteiger charge is 2.21. The largest absolute Gasteiger partial charge is 0.491 e. The van der Waals surface area contributed by atoms with Gasteiger partial charge in [-0.15, -0.1) is 0 Å². The van der Waals surface area contributed by atoms with Crippen molar-refractivity contribution in [2.24, 2.45) is 0 Å². The molecule has 0 saturated carbocycles. The number of halogens is 1. The molecule has 1 unspecified atom stereocenters. The van der Waals surface area contributed by atoms with E-state index in [1.54, 1.807) is 31.2 Å². The molecule has 0 heterocycles. The molecule has 2 aromatic rings. The Morgan fingerprint density at radius 2 is 1.96 bits per heavy atom. The first-order valence-electron chi connectivity index (χ1n) is 8.52. The molecule has 2 aromatic carbocycles. The van der Waals surface area contributed by atoms with E-state index >= 15 is 0 Å². The van der Waals surface area contributed by atoms with Gasteiger partial charge in [0.1, 0.15) is 18.0 Å². The first kappa shape index (κ1) is 21.7. The molecule has 0 amide bonds. The van der Waals surface area contributed by atoms with E-state index in [4.69, 9.17) is 20.9 Å². The summed E-state index contributed by atoms with van der Waals surface area (Å²) in [7, 11) is 1.52. The van der Waals surface area contributed by atoms with E-state index in [9.17, 15) is 9.32 Å². The molecule has 0 aromatic heterocycles. The van der Waals surface area contributed by atoms with Crippen LogP contribution < -0.4 is 14.4 Å². The number of nitrogens with one attached hydrogen (secondary N) is 1. The molecule has 0 aliphatic heterocycles. The topological polar surface area (TPSA) is 82.0 Å². The van der Waals surface area contributed by atoms with Crippen LogP contribution >= 0.6 is 11.6 Å². The van der Waals surface area contributed by atoms with Gasteiger partial charge < -0.3 is 15.2 Å². The number of rotatable bonds is 10. The van der Waals surface area contributed by atoms with Crippen LogP contribution in [0, 0.1) is 0 Å². The summed E-state index contributed by atoms with van der Waals surface area (Å²) in [5.41, 5.74) is 0.702. The predicted molar refractivity (Wildman–Crippen MR) is 110 cm³/mol. The summed E-state index contributed by atoms with van der Waals surface area (Å²) >= 11 is 3.90. The standard InChI is InChI=1S/C19H25ClN2O4S/c1-19(23,13-21-11-10-15-4-3-5-16(20)12-15)14-26-18-8-6-17(7-9-18)22(2)27(24)25/h3-9,12,21,23H,10-11,13-14H2,1-2H3,(H,24,25)/t19-/m0/s1. The van der Waals surface area contributed by atoms with Crippen LogP contribution in [-0.2, 0) is 17.7 Å². The van der Waals surface area contributed by atoms with Crippen molar-refractivity contribution in [1.29, 1.82) is 0 Å². The fourth-order valence-corrected chi connectivity index (χ4v) is 2.93. The van der Waals surface area contributed by atoms with Crippen molar-refractivity contribution < 1.29 is 18.6 Å². The number of ether oxygens (including phenoxy) is 1. The second-order valence-electron chi connectivity index (χ2n) is 6.56. The number of hydrogen-bond acceptors (Lipinski definition) is 4. The number of aliphatic hydroxyl groups is 1. The summed E-state index contributed by atoms with van der Waals surface area (Å²) in [6.45, 7) is 2.93. The zero-order valence-corrected chi connectivity index (χ0v) is 17.0. The fourth-order valence-electron chi connectivity index (χ4n) is 2.42. The van der Waals surface area contributed by atoms with Crippen LogP contribution in [-0.4, -0.2) is 46.2 Å². The average Bonchev–Trinajstić information content (AvgIpc) is 2.63. The first-order chi connectivity index (χ1) is 12.8. The lowest BCUT2D eigenvalue weighted by Gasteiger charge is -2.24. The normalized spacial score (nSPS) is 14.4. The molecule has 0 fully saturated rings. The van der Waals surface area contributed by atoms with Crippen molar-refractivity contribution in [2.75, 3.05) is 31.0 Å². The number of hydrogen-bond donors (Lipinski definition) is 3. The van der Waals surface area contributed by atoms with E-state index in [-0.39, 0.29) is 6.61 Å². The summed E-state index contributed by atoms with van der Waals surface area (Å²) in [6.07, 6.45) is 0.818. The number of anilines is 1. The maximum Gasteiger partial charge on any atom is 0.261 e. The van der Waals surface area contributed by atoms with Crippen molar-refractivity contribution in [3.8, 4) is 5.75 Å². The highest BCUT2D eigenvalue weighted by Crippen LogP contribution is 2.20. The minimum Gasteiger partial charge on any atom is -0.491 e. The van der Waals surface area contributed by atoms with Crippen molar-refractivity contribution in [3.05, 3.63) is 59.1 Å². The maximum absolute atomic E-state index is 11.0. The van der Waals surface area contributed by atoms with Crippen LogP contribution in [0.1, 0.15) is 12.5 Å². The molecule has 0 radical (unpaired) electrons. The van der Waals surface area contributed by atoms with Gasteiger partial charge in [0.15, 0.2) is 0 Å². The van der Waals surface area contributed by atoms with Crippen molar-refractivity contribution >= 4 is 28.6 Å². The monoisotopic (exact) mass is 412 g/mol. The van der Waals surface area contributed by atoms with Gasteiger partial charge in [-0.3, -0.25) is 8.86 Å². The summed E-state index contributed by atoms with van der Waals surface area (Å²) in [5.74, 6) is 0.579. The van der Waals surface area contributed by atoms with Gasteiger partial charge in [0, 0.05) is 18.6 Å². The zero-order valence-electron chi connectivity index (χ0n) is 15.4. The minimum atomic E-state index is -2.07. The fraction of sp³-hybridized carbons (Fsp3) is 0.368. The van der Waals surface area contributed by atoms with Crippen LogP contribution in [0.3, 0.4) is 0 Å². The van der Waals surface area contributed by atoms with E-state index in [2.05, 4.69) is 5.32 Å². The summed E-state index contributed by atoms with van der Waals surface area (Å²) in [5, 5.41) is 14.4. The Balaban J connectivity index is 1.74. The molecule has 0 spiro atoms. The second kappa shape index (κ2) is 10.1. The quantitative estimate of drug-likeness (QED) is 0.413. The molecule has 27 heavy (non-hydrogen) atoms. The molecule has 0 bridgehead atoms. The van der Waals surface area contributed by atoms with Gasteiger partial charge in [0.05, 0.1) is 5.69 Å². The van der Waals surface area contributed by atoms with Gasteiger partial charge in [-0.2, -0.15) is 0 Å². The third-order valence-electron chi connectivity index (χ3n) is 3.97. The van der Waals surface area contributed by atoms with Gasteiger partial charge in [0.25, 0.3) is 11.3 Å². The van der Waals surface area contributed by atoms with Crippen LogP contribution in [0.15, 0.2) is 48.5 Å². The highest BCUT2D eigenvalue weighted by molar-refractivity contribution is 7.80. The van der Waals surface area contributed by atoms with Crippen molar-refractivity contribution in [3.63, 3.8) is 0 Å². The van der Waals surface area contributed by atoms with E-state index in [0.717, 1.165) is 23.6 Å². The first-order valence-corrected chi connectivity index (χ1v) is 9.96. The van der Waals surface area contributed by atoms with Gasteiger partial charge in [-0.25, -0.2) is 4.21 Å². The van der Waals surface area contributed by atoms with E-state index in [1.807, 2.05) is 24.3 Å². The van der Waals surface area contributed by atoms with Crippen molar-refractivity contribution in [1.82, 2.24) is 5.32 Å². The van der Waals surface area contributed by atoms with Crippen LogP contribution in [0.5, 0.6) is 5.75 Å². The molecule has 148 valence electrons. The number of benzene rings is 2. The van der Waals surface area contributed by atoms with Gasteiger partial charge in [-0.05, 0) is 61.9 Å². The zero-order chi connectivity index (χ0) is 19.9. The SMILES string of the molecule is CN(c1ccc(OC[C@@](C)(O)CNCCc2cccc(Cl)c2)cc1)S(=O)O. The smallest absolute Gasteiger partial charge is 0.261 e. The van der Waals surface area contributed by atoms with Gasteiger partial charge in [-0.1, -0.05) is 23.7 Å². The van der Waals surface area contributed by atoms with Gasteiger partial charge >= 0.3 is 0 Å². The molecule has 2 rings (SSSR count). The lowest BCUT2D eigenvalue weighted by Crippen LogP contribution is -2.43. The summed E-state index contributed by atoms with van der Waals surface area (Å²) in [4.78, 5) is 0. The van der Waals surface area contributed by atoms with Crippen LogP contribution in [0.4, 0.5) is 5.69 Å². The lowest BCUT2D eigenvalue weighted by atomic mass is 10.1. The third-order valence-corrected chi connectivity index (χ3v) is 4.88. The summed E-state index contributed by atoms with van der Waals surface area (Å²) < 4.78 is 27.0. The molecule has 6 nitrogen and oxygen atoms in total. The molecular formula is C19H25ClN2O4S. The van der Waals surface area contributed by atoms with E-state index in [1.165, 1.54) is 11.4 Å². The Hall–Kier alpha value is -1.64. The Morgan fingerprint density at radius 3 is 2.59 bits per heavy atom. The molecule has 3 N–H and O–H groups in total. The Labute approximate surface area is 167 Å². The molecular weight excluding hydrogens is 388 g/mol. The third kappa shape index (κ3) is 7.48. The highest BCUT2D eigenvalue weighted by atomic mass is 35.5. The molecule has 0 aliphatic rings.